The summed E-state index contributed by atoms with van der Waals surface area (Å²) in [4.78, 5) is 34.4. The maximum absolute atomic E-state index is 11.8. The molecule has 2 N–H and O–H groups in total. The molecule has 3 rings (SSSR count). The number of benzene rings is 3. The first-order valence-corrected chi connectivity index (χ1v) is 11.0. The zero-order valence-electron chi connectivity index (χ0n) is 19.5. The van der Waals surface area contributed by atoms with Gasteiger partial charge in [0, 0.05) is 31.5 Å². The van der Waals surface area contributed by atoms with E-state index in [0.29, 0.717) is 22.8 Å². The molecule has 1 atom stereocenters. The first kappa shape index (κ1) is 25.5. The van der Waals surface area contributed by atoms with Crippen molar-refractivity contribution >= 4 is 17.9 Å². The molecule has 0 spiro atoms. The van der Waals surface area contributed by atoms with Crippen molar-refractivity contribution in [3.63, 3.8) is 0 Å². The normalized spacial score (nSPS) is 11.4. The maximum Gasteiger partial charge on any atom is 0.321 e. The monoisotopic (exact) mass is 477 g/mol. The summed E-state index contributed by atoms with van der Waals surface area (Å²) < 4.78 is 16.2. The fourth-order valence-corrected chi connectivity index (χ4v) is 3.38. The summed E-state index contributed by atoms with van der Waals surface area (Å²) in [6, 6.07) is 20.4. The summed E-state index contributed by atoms with van der Waals surface area (Å²) in [7, 11) is 0. The summed E-state index contributed by atoms with van der Waals surface area (Å²) in [6.45, 7) is 3.10. The van der Waals surface area contributed by atoms with Crippen molar-refractivity contribution in [2.24, 2.45) is 0 Å². The Bertz CT molecular complexity index is 1170. The molecular weight excluding hydrogens is 450 g/mol. The van der Waals surface area contributed by atoms with Gasteiger partial charge in [-0.15, -0.1) is 0 Å². The van der Waals surface area contributed by atoms with E-state index >= 15 is 0 Å². The van der Waals surface area contributed by atoms with Gasteiger partial charge in [0.2, 0.25) is 0 Å². The quantitative estimate of drug-likeness (QED) is 0.316. The van der Waals surface area contributed by atoms with Crippen LogP contribution in [0.5, 0.6) is 17.2 Å². The van der Waals surface area contributed by atoms with Crippen LogP contribution in [0.15, 0.2) is 72.8 Å². The number of carboxylic acids is 1. The number of hydrogen-bond acceptors (Lipinski definition) is 7. The number of aliphatic carboxylic acids is 1. The average molecular weight is 478 g/mol. The number of carboxylic acid groups (broad SMARTS) is 1. The van der Waals surface area contributed by atoms with Crippen LogP contribution in [0.25, 0.3) is 0 Å². The molecule has 0 heterocycles. The Morgan fingerprint density at radius 2 is 1.34 bits per heavy atom. The van der Waals surface area contributed by atoms with E-state index in [9.17, 15) is 19.5 Å². The first-order chi connectivity index (χ1) is 16.8. The number of ether oxygens (including phenoxy) is 3. The van der Waals surface area contributed by atoms with Gasteiger partial charge >= 0.3 is 17.9 Å². The standard InChI is InChI=1S/C27H27NO7/c1-18(29)34-25-9-5-3-7-21(25)16-28-24(27(31)32)15-20-11-13-23(14-12-20)33-17-22-8-4-6-10-26(22)35-19(2)30/h3-14,24,28H,15-17H2,1-2H3,(H,31,32)/t24-/m0/s1. The van der Waals surface area contributed by atoms with Crippen molar-refractivity contribution in [2.45, 2.75) is 39.5 Å². The van der Waals surface area contributed by atoms with Crippen molar-refractivity contribution in [3.8, 4) is 17.2 Å². The van der Waals surface area contributed by atoms with Crippen LogP contribution in [0.4, 0.5) is 0 Å². The number of rotatable bonds is 11. The van der Waals surface area contributed by atoms with Crippen molar-refractivity contribution in [2.75, 3.05) is 0 Å². The van der Waals surface area contributed by atoms with E-state index in [1.165, 1.54) is 13.8 Å². The molecule has 0 amide bonds. The van der Waals surface area contributed by atoms with Crippen LogP contribution in [0.1, 0.15) is 30.5 Å². The number of carbonyl (C=O) groups is 3. The zero-order valence-corrected chi connectivity index (χ0v) is 19.5. The number of hydrogen-bond donors (Lipinski definition) is 2. The van der Waals surface area contributed by atoms with E-state index in [1.807, 2.05) is 12.1 Å². The molecule has 8 nitrogen and oxygen atoms in total. The number of nitrogens with one attached hydrogen (secondary N) is 1. The molecular formula is C27H27NO7. The molecule has 0 aliphatic rings. The molecule has 0 saturated carbocycles. The summed E-state index contributed by atoms with van der Waals surface area (Å²) in [5.74, 6) is -0.391. The van der Waals surface area contributed by atoms with E-state index < -0.39 is 23.9 Å². The molecule has 0 fully saturated rings. The van der Waals surface area contributed by atoms with Gasteiger partial charge in [-0.1, -0.05) is 48.5 Å². The Kier molecular flexibility index (Phi) is 8.97. The summed E-state index contributed by atoms with van der Waals surface area (Å²) >= 11 is 0. The molecule has 0 bridgehead atoms. The van der Waals surface area contributed by atoms with Gasteiger partial charge in [0.15, 0.2) is 0 Å². The second-order valence-electron chi connectivity index (χ2n) is 7.81. The molecule has 35 heavy (non-hydrogen) atoms. The second kappa shape index (κ2) is 12.3. The fraction of sp³-hybridized carbons (Fsp3) is 0.222. The maximum atomic E-state index is 11.8. The van der Waals surface area contributed by atoms with Gasteiger partial charge in [-0.05, 0) is 36.2 Å². The molecule has 3 aromatic rings. The van der Waals surface area contributed by atoms with E-state index in [4.69, 9.17) is 14.2 Å². The van der Waals surface area contributed by atoms with Crippen LogP contribution in [-0.2, 0) is 34.0 Å². The van der Waals surface area contributed by atoms with Gasteiger partial charge in [0.1, 0.15) is 29.9 Å². The molecule has 182 valence electrons. The van der Waals surface area contributed by atoms with Crippen LogP contribution in [0.2, 0.25) is 0 Å². The Morgan fingerprint density at radius 1 is 0.800 bits per heavy atom. The minimum absolute atomic E-state index is 0.212. The Morgan fingerprint density at radius 3 is 1.91 bits per heavy atom. The third kappa shape index (κ3) is 7.97. The van der Waals surface area contributed by atoms with E-state index in [0.717, 1.165) is 11.1 Å². The molecule has 0 radical (unpaired) electrons. The highest BCUT2D eigenvalue weighted by Crippen LogP contribution is 2.22. The first-order valence-electron chi connectivity index (χ1n) is 11.0. The van der Waals surface area contributed by atoms with E-state index in [-0.39, 0.29) is 19.6 Å². The van der Waals surface area contributed by atoms with Gasteiger partial charge in [0.25, 0.3) is 0 Å². The van der Waals surface area contributed by atoms with E-state index in [2.05, 4.69) is 5.32 Å². The van der Waals surface area contributed by atoms with Gasteiger partial charge in [-0.25, -0.2) is 0 Å². The molecule has 0 unspecified atom stereocenters. The molecule has 0 aromatic heterocycles. The predicted molar refractivity (Wildman–Crippen MR) is 128 cm³/mol. The lowest BCUT2D eigenvalue weighted by atomic mass is 10.1. The lowest BCUT2D eigenvalue weighted by molar-refractivity contribution is -0.139. The van der Waals surface area contributed by atoms with E-state index in [1.54, 1.807) is 60.7 Å². The molecule has 3 aromatic carbocycles. The topological polar surface area (TPSA) is 111 Å². The van der Waals surface area contributed by atoms with Crippen LogP contribution in [0, 0.1) is 0 Å². The zero-order chi connectivity index (χ0) is 25.2. The summed E-state index contributed by atoms with van der Waals surface area (Å²) in [6.07, 6.45) is 0.251. The lowest BCUT2D eigenvalue weighted by Crippen LogP contribution is -2.38. The summed E-state index contributed by atoms with van der Waals surface area (Å²) in [5.41, 5.74) is 2.23. The number of esters is 2. The third-order valence-corrected chi connectivity index (χ3v) is 5.05. The second-order valence-corrected chi connectivity index (χ2v) is 7.81. The van der Waals surface area contributed by atoms with Gasteiger partial charge in [-0.2, -0.15) is 0 Å². The van der Waals surface area contributed by atoms with Crippen LogP contribution in [-0.4, -0.2) is 29.1 Å². The highest BCUT2D eigenvalue weighted by atomic mass is 16.5. The number of para-hydroxylation sites is 2. The van der Waals surface area contributed by atoms with Crippen LogP contribution < -0.4 is 19.5 Å². The molecule has 0 aliphatic heterocycles. The van der Waals surface area contributed by atoms with Gasteiger partial charge in [-0.3, -0.25) is 19.7 Å². The largest absolute Gasteiger partial charge is 0.489 e. The minimum atomic E-state index is -0.989. The summed E-state index contributed by atoms with van der Waals surface area (Å²) in [5, 5.41) is 12.7. The van der Waals surface area contributed by atoms with Crippen molar-refractivity contribution < 1.29 is 33.7 Å². The molecule has 0 saturated heterocycles. The smallest absolute Gasteiger partial charge is 0.321 e. The highest BCUT2D eigenvalue weighted by molar-refractivity contribution is 5.74. The lowest BCUT2D eigenvalue weighted by Gasteiger charge is -2.16. The van der Waals surface area contributed by atoms with Crippen molar-refractivity contribution in [3.05, 3.63) is 89.5 Å². The Balaban J connectivity index is 1.59. The highest BCUT2D eigenvalue weighted by Gasteiger charge is 2.18. The minimum Gasteiger partial charge on any atom is -0.489 e. The van der Waals surface area contributed by atoms with Crippen molar-refractivity contribution in [1.29, 1.82) is 0 Å². The predicted octanol–water partition coefficient (Wildman–Crippen LogP) is 3.90. The fourth-order valence-electron chi connectivity index (χ4n) is 3.38. The average Bonchev–Trinajstić information content (AvgIpc) is 2.82. The Hall–Kier alpha value is -4.17. The SMILES string of the molecule is CC(=O)Oc1ccccc1CN[C@@H](Cc1ccc(OCc2ccccc2OC(C)=O)cc1)C(=O)O. The number of carbonyl (C=O) groups excluding carboxylic acids is 2. The van der Waals surface area contributed by atoms with Gasteiger partial charge in [0.05, 0.1) is 0 Å². The van der Waals surface area contributed by atoms with Crippen molar-refractivity contribution in [1.82, 2.24) is 5.32 Å². The molecule has 8 heteroatoms. The Labute approximate surface area is 203 Å². The third-order valence-electron chi connectivity index (χ3n) is 5.05. The molecule has 0 aliphatic carbocycles. The van der Waals surface area contributed by atoms with Crippen LogP contribution in [0.3, 0.4) is 0 Å². The van der Waals surface area contributed by atoms with Crippen LogP contribution >= 0.6 is 0 Å². The van der Waals surface area contributed by atoms with Gasteiger partial charge < -0.3 is 19.3 Å².